The molecule has 112 valence electrons. The standard InChI is InChI=1S/C17H20BrFN2/c1-3-21(4-2)15-8-5-13(6-9-15)12-20-17-11-14(19)7-10-16(17)18/h5-11,20H,3-4,12H2,1-2H3. The fourth-order valence-corrected chi connectivity index (χ4v) is 2.63. The van der Waals surface area contributed by atoms with Crippen LogP contribution in [0.1, 0.15) is 19.4 Å². The van der Waals surface area contributed by atoms with Crippen molar-refractivity contribution in [1.82, 2.24) is 0 Å². The van der Waals surface area contributed by atoms with Gasteiger partial charge >= 0.3 is 0 Å². The van der Waals surface area contributed by atoms with Gasteiger partial charge in [-0.05, 0) is 65.7 Å². The lowest BCUT2D eigenvalue weighted by atomic mass is 10.2. The van der Waals surface area contributed by atoms with Crippen LogP contribution < -0.4 is 10.2 Å². The zero-order valence-electron chi connectivity index (χ0n) is 12.4. The van der Waals surface area contributed by atoms with E-state index in [2.05, 4.69) is 64.3 Å². The number of benzene rings is 2. The molecular weight excluding hydrogens is 331 g/mol. The summed E-state index contributed by atoms with van der Waals surface area (Å²) in [5.74, 6) is -0.238. The summed E-state index contributed by atoms with van der Waals surface area (Å²) >= 11 is 3.42. The zero-order chi connectivity index (χ0) is 15.2. The molecule has 0 aliphatic heterocycles. The molecule has 2 aromatic carbocycles. The monoisotopic (exact) mass is 350 g/mol. The first-order chi connectivity index (χ1) is 10.1. The minimum absolute atomic E-state index is 0.238. The molecule has 2 rings (SSSR count). The first kappa shape index (κ1) is 15.8. The van der Waals surface area contributed by atoms with Gasteiger partial charge in [0.2, 0.25) is 0 Å². The Morgan fingerprint density at radius 2 is 1.71 bits per heavy atom. The summed E-state index contributed by atoms with van der Waals surface area (Å²) in [7, 11) is 0. The highest BCUT2D eigenvalue weighted by molar-refractivity contribution is 9.10. The van der Waals surface area contributed by atoms with Gasteiger partial charge in [-0.1, -0.05) is 12.1 Å². The molecule has 21 heavy (non-hydrogen) atoms. The largest absolute Gasteiger partial charge is 0.380 e. The van der Waals surface area contributed by atoms with Crippen molar-refractivity contribution in [2.45, 2.75) is 20.4 Å². The third kappa shape index (κ3) is 4.21. The van der Waals surface area contributed by atoms with Crippen LogP contribution in [0.2, 0.25) is 0 Å². The molecule has 0 spiro atoms. The summed E-state index contributed by atoms with van der Waals surface area (Å²) in [6, 6.07) is 13.1. The molecule has 4 heteroatoms. The minimum atomic E-state index is -0.238. The van der Waals surface area contributed by atoms with E-state index in [0.29, 0.717) is 6.54 Å². The molecule has 0 aliphatic rings. The van der Waals surface area contributed by atoms with Gasteiger partial charge in [0.15, 0.2) is 0 Å². The molecule has 0 aromatic heterocycles. The molecule has 2 nitrogen and oxygen atoms in total. The Hall–Kier alpha value is -1.55. The number of nitrogens with one attached hydrogen (secondary N) is 1. The van der Waals surface area contributed by atoms with Crippen molar-refractivity contribution < 1.29 is 4.39 Å². The summed E-state index contributed by atoms with van der Waals surface area (Å²) in [6.07, 6.45) is 0. The van der Waals surface area contributed by atoms with Crippen LogP contribution in [0.25, 0.3) is 0 Å². The van der Waals surface area contributed by atoms with Gasteiger partial charge in [0.25, 0.3) is 0 Å². The van der Waals surface area contributed by atoms with E-state index in [1.165, 1.54) is 23.4 Å². The van der Waals surface area contributed by atoms with Crippen LogP contribution in [-0.4, -0.2) is 13.1 Å². The minimum Gasteiger partial charge on any atom is -0.380 e. The number of anilines is 2. The highest BCUT2D eigenvalue weighted by Crippen LogP contribution is 2.24. The lowest BCUT2D eigenvalue weighted by molar-refractivity contribution is 0.628. The number of hydrogen-bond donors (Lipinski definition) is 1. The van der Waals surface area contributed by atoms with Gasteiger partial charge in [0.1, 0.15) is 5.82 Å². The molecule has 2 aromatic rings. The average molecular weight is 351 g/mol. The highest BCUT2D eigenvalue weighted by Gasteiger charge is 2.03. The fourth-order valence-electron chi connectivity index (χ4n) is 2.24. The van der Waals surface area contributed by atoms with E-state index in [1.54, 1.807) is 6.07 Å². The second-order valence-corrected chi connectivity index (χ2v) is 5.67. The topological polar surface area (TPSA) is 15.3 Å². The second-order valence-electron chi connectivity index (χ2n) is 4.82. The van der Waals surface area contributed by atoms with E-state index in [1.807, 2.05) is 0 Å². The van der Waals surface area contributed by atoms with Crippen LogP contribution in [0.3, 0.4) is 0 Å². The van der Waals surface area contributed by atoms with E-state index in [0.717, 1.165) is 23.2 Å². The molecule has 0 bridgehead atoms. The number of halogens is 2. The van der Waals surface area contributed by atoms with E-state index >= 15 is 0 Å². The smallest absolute Gasteiger partial charge is 0.125 e. The van der Waals surface area contributed by atoms with E-state index in [4.69, 9.17) is 0 Å². The van der Waals surface area contributed by atoms with Crippen LogP contribution in [0.4, 0.5) is 15.8 Å². The summed E-state index contributed by atoms with van der Waals surface area (Å²) in [5, 5.41) is 3.25. The van der Waals surface area contributed by atoms with Crippen molar-refractivity contribution in [2.75, 3.05) is 23.3 Å². The van der Waals surface area contributed by atoms with E-state index in [9.17, 15) is 4.39 Å². The molecule has 0 heterocycles. The SMILES string of the molecule is CCN(CC)c1ccc(CNc2cc(F)ccc2Br)cc1. The molecule has 0 atom stereocenters. The Bertz CT molecular complexity index is 580. The Morgan fingerprint density at radius 3 is 2.33 bits per heavy atom. The molecule has 0 fully saturated rings. The zero-order valence-corrected chi connectivity index (χ0v) is 14.0. The fraction of sp³-hybridized carbons (Fsp3) is 0.294. The van der Waals surface area contributed by atoms with Crippen LogP contribution in [0.5, 0.6) is 0 Å². The molecule has 0 saturated heterocycles. The second kappa shape index (κ2) is 7.46. The maximum Gasteiger partial charge on any atom is 0.125 e. The molecule has 0 aliphatic carbocycles. The average Bonchev–Trinajstić information content (AvgIpc) is 2.51. The van der Waals surface area contributed by atoms with Gasteiger partial charge in [-0.3, -0.25) is 0 Å². The lowest BCUT2D eigenvalue weighted by Crippen LogP contribution is -2.21. The van der Waals surface area contributed by atoms with Crippen LogP contribution in [0, 0.1) is 5.82 Å². The van der Waals surface area contributed by atoms with Crippen molar-refractivity contribution in [3.8, 4) is 0 Å². The maximum atomic E-state index is 13.2. The van der Waals surface area contributed by atoms with Crippen molar-refractivity contribution in [3.05, 3.63) is 58.3 Å². The molecular formula is C17H20BrFN2. The Kier molecular flexibility index (Phi) is 5.62. The normalized spacial score (nSPS) is 10.5. The molecule has 0 saturated carbocycles. The maximum absolute atomic E-state index is 13.2. The van der Waals surface area contributed by atoms with Crippen LogP contribution in [-0.2, 0) is 6.54 Å². The predicted molar refractivity (Wildman–Crippen MR) is 91.4 cm³/mol. The van der Waals surface area contributed by atoms with Gasteiger partial charge in [-0.15, -0.1) is 0 Å². The summed E-state index contributed by atoms with van der Waals surface area (Å²) in [4.78, 5) is 2.31. The third-order valence-corrected chi connectivity index (χ3v) is 4.17. The van der Waals surface area contributed by atoms with E-state index in [-0.39, 0.29) is 5.82 Å². The Balaban J connectivity index is 2.02. The Labute approximate surface area is 134 Å². The quantitative estimate of drug-likeness (QED) is 0.784. The van der Waals surface area contributed by atoms with Crippen molar-refractivity contribution in [1.29, 1.82) is 0 Å². The molecule has 0 unspecified atom stereocenters. The third-order valence-electron chi connectivity index (χ3n) is 3.48. The summed E-state index contributed by atoms with van der Waals surface area (Å²) in [6.45, 7) is 6.98. The number of hydrogen-bond acceptors (Lipinski definition) is 2. The van der Waals surface area contributed by atoms with Gasteiger partial charge in [-0.25, -0.2) is 4.39 Å². The number of nitrogens with zero attached hydrogens (tertiary/aromatic N) is 1. The number of rotatable bonds is 6. The lowest BCUT2D eigenvalue weighted by Gasteiger charge is -2.21. The first-order valence-electron chi connectivity index (χ1n) is 7.16. The van der Waals surface area contributed by atoms with Crippen LogP contribution in [0.15, 0.2) is 46.9 Å². The van der Waals surface area contributed by atoms with Gasteiger partial charge in [0.05, 0.1) is 5.69 Å². The summed E-state index contributed by atoms with van der Waals surface area (Å²) in [5.41, 5.74) is 3.17. The van der Waals surface area contributed by atoms with E-state index < -0.39 is 0 Å². The Morgan fingerprint density at radius 1 is 1.05 bits per heavy atom. The molecule has 0 amide bonds. The first-order valence-corrected chi connectivity index (χ1v) is 7.96. The molecule has 1 N–H and O–H groups in total. The predicted octanol–water partition coefficient (Wildman–Crippen LogP) is 5.05. The molecule has 0 radical (unpaired) electrons. The summed E-state index contributed by atoms with van der Waals surface area (Å²) < 4.78 is 14.1. The van der Waals surface area contributed by atoms with Crippen molar-refractivity contribution >= 4 is 27.3 Å². The van der Waals surface area contributed by atoms with Gasteiger partial charge < -0.3 is 10.2 Å². The van der Waals surface area contributed by atoms with Gasteiger partial charge in [0, 0.05) is 29.8 Å². The van der Waals surface area contributed by atoms with Crippen molar-refractivity contribution in [3.63, 3.8) is 0 Å². The van der Waals surface area contributed by atoms with Crippen LogP contribution >= 0.6 is 15.9 Å². The highest BCUT2D eigenvalue weighted by atomic mass is 79.9. The van der Waals surface area contributed by atoms with Gasteiger partial charge in [-0.2, -0.15) is 0 Å². The van der Waals surface area contributed by atoms with Crippen molar-refractivity contribution in [2.24, 2.45) is 0 Å².